The molecule has 1 aliphatic heterocycles. The first-order chi connectivity index (χ1) is 15.1. The molecule has 1 aromatic heterocycles. The fourth-order valence-electron chi connectivity index (χ4n) is 3.31. The quantitative estimate of drug-likeness (QED) is 0.558. The summed E-state index contributed by atoms with van der Waals surface area (Å²) in [6.07, 6.45) is 3.65. The molecular formula is C23H23FN2O4S. The van der Waals surface area contributed by atoms with Crippen LogP contribution in [0.2, 0.25) is 0 Å². The molecule has 8 heteroatoms. The van der Waals surface area contributed by atoms with Gasteiger partial charge in [0.1, 0.15) is 22.3 Å². The maximum Gasteiger partial charge on any atom is 0.263 e. The number of hydrogen-bond acceptors (Lipinski definition) is 6. The summed E-state index contributed by atoms with van der Waals surface area (Å²) < 4.78 is 30.8. The topological polar surface area (TPSA) is 69.7 Å². The van der Waals surface area contributed by atoms with Gasteiger partial charge in [-0.1, -0.05) is 18.2 Å². The molecule has 0 saturated carbocycles. The van der Waals surface area contributed by atoms with Crippen molar-refractivity contribution >= 4 is 17.2 Å². The van der Waals surface area contributed by atoms with E-state index in [-0.39, 0.29) is 17.8 Å². The fraction of sp³-hybridized carbons (Fsp3) is 0.304. The lowest BCUT2D eigenvalue weighted by atomic mass is 10.2. The monoisotopic (exact) mass is 442 g/mol. The van der Waals surface area contributed by atoms with Crippen LogP contribution in [-0.4, -0.2) is 37.3 Å². The Morgan fingerprint density at radius 3 is 2.94 bits per heavy atom. The Kier molecular flexibility index (Phi) is 6.79. The van der Waals surface area contributed by atoms with Crippen LogP contribution in [0.3, 0.4) is 0 Å². The molecule has 1 atom stereocenters. The van der Waals surface area contributed by atoms with E-state index in [1.807, 2.05) is 18.2 Å². The highest BCUT2D eigenvalue weighted by Crippen LogP contribution is 2.30. The molecule has 0 bridgehead atoms. The third-order valence-corrected chi connectivity index (χ3v) is 5.99. The molecule has 0 aliphatic carbocycles. The summed E-state index contributed by atoms with van der Waals surface area (Å²) in [6.45, 7) is 1.58. The standard InChI is InChI=1S/C23H23FN2O4S/c1-28-20-11-15(8-9-19(20)30-14-16-5-4-10-29-16)12-25-22(27)21-13-26-23(31-21)17-6-2-3-7-18(17)24/h2-3,6-9,11,13,16H,4-5,10,12,14H2,1H3,(H,25,27). The normalized spacial score (nSPS) is 15.6. The SMILES string of the molecule is COc1cc(CNC(=O)c2cnc(-c3ccccc3F)s2)ccc1OCC1CCCO1. The second-order valence-corrected chi connectivity index (χ2v) is 8.15. The highest BCUT2D eigenvalue weighted by atomic mass is 32.1. The number of rotatable bonds is 8. The maximum absolute atomic E-state index is 13.9. The minimum Gasteiger partial charge on any atom is -0.493 e. The van der Waals surface area contributed by atoms with Gasteiger partial charge in [0.25, 0.3) is 5.91 Å². The summed E-state index contributed by atoms with van der Waals surface area (Å²) in [7, 11) is 1.58. The van der Waals surface area contributed by atoms with Crippen molar-refractivity contribution in [3.05, 3.63) is 64.9 Å². The fourth-order valence-corrected chi connectivity index (χ4v) is 4.17. The number of halogens is 1. The van der Waals surface area contributed by atoms with Gasteiger partial charge in [0.2, 0.25) is 0 Å². The van der Waals surface area contributed by atoms with Gasteiger partial charge in [-0.3, -0.25) is 4.79 Å². The van der Waals surface area contributed by atoms with Crippen LogP contribution in [0.1, 0.15) is 28.1 Å². The number of methoxy groups -OCH3 is 1. The Hall–Kier alpha value is -2.97. The Morgan fingerprint density at radius 2 is 2.16 bits per heavy atom. The summed E-state index contributed by atoms with van der Waals surface area (Å²) >= 11 is 1.15. The summed E-state index contributed by atoms with van der Waals surface area (Å²) in [5.41, 5.74) is 1.25. The lowest BCUT2D eigenvalue weighted by Crippen LogP contribution is -2.21. The van der Waals surface area contributed by atoms with Crippen molar-refractivity contribution in [1.82, 2.24) is 10.3 Å². The van der Waals surface area contributed by atoms with E-state index in [1.165, 1.54) is 12.3 Å². The minimum atomic E-state index is -0.363. The van der Waals surface area contributed by atoms with Crippen molar-refractivity contribution in [2.24, 2.45) is 0 Å². The van der Waals surface area contributed by atoms with Crippen molar-refractivity contribution in [1.29, 1.82) is 0 Å². The molecule has 1 fully saturated rings. The molecule has 31 heavy (non-hydrogen) atoms. The van der Waals surface area contributed by atoms with Gasteiger partial charge in [0.05, 0.1) is 19.4 Å². The molecule has 1 aliphatic rings. The van der Waals surface area contributed by atoms with Gasteiger partial charge in [-0.15, -0.1) is 11.3 Å². The van der Waals surface area contributed by atoms with Crippen LogP contribution >= 0.6 is 11.3 Å². The van der Waals surface area contributed by atoms with Crippen molar-refractivity contribution in [2.45, 2.75) is 25.5 Å². The average molecular weight is 443 g/mol. The molecule has 2 aromatic carbocycles. The molecule has 162 valence electrons. The smallest absolute Gasteiger partial charge is 0.263 e. The maximum atomic E-state index is 13.9. The summed E-state index contributed by atoms with van der Waals surface area (Å²) in [6, 6.07) is 11.9. The number of benzene rings is 2. The van der Waals surface area contributed by atoms with Crippen molar-refractivity contribution in [2.75, 3.05) is 20.3 Å². The Labute approximate surface area is 184 Å². The molecule has 0 spiro atoms. The van der Waals surface area contributed by atoms with E-state index in [1.54, 1.807) is 25.3 Å². The van der Waals surface area contributed by atoms with E-state index in [0.29, 0.717) is 40.1 Å². The number of hydrogen-bond donors (Lipinski definition) is 1. The molecule has 1 N–H and O–H groups in total. The van der Waals surface area contributed by atoms with Gasteiger partial charge in [-0.2, -0.15) is 0 Å². The number of nitrogens with zero attached hydrogens (tertiary/aromatic N) is 1. The van der Waals surface area contributed by atoms with E-state index in [9.17, 15) is 9.18 Å². The number of nitrogens with one attached hydrogen (secondary N) is 1. The van der Waals surface area contributed by atoms with Crippen LogP contribution in [0, 0.1) is 5.82 Å². The number of ether oxygens (including phenoxy) is 3. The highest BCUT2D eigenvalue weighted by molar-refractivity contribution is 7.16. The lowest BCUT2D eigenvalue weighted by molar-refractivity contribution is 0.0669. The molecule has 0 radical (unpaired) electrons. The van der Waals surface area contributed by atoms with Crippen LogP contribution in [0.15, 0.2) is 48.7 Å². The van der Waals surface area contributed by atoms with Gasteiger partial charge >= 0.3 is 0 Å². The number of carbonyl (C=O) groups is 1. The zero-order valence-corrected chi connectivity index (χ0v) is 17.9. The van der Waals surface area contributed by atoms with Gasteiger partial charge in [0.15, 0.2) is 11.5 Å². The molecule has 1 unspecified atom stereocenters. The Morgan fingerprint density at radius 1 is 1.29 bits per heavy atom. The predicted molar refractivity (Wildman–Crippen MR) is 116 cm³/mol. The molecule has 4 rings (SSSR count). The Bertz CT molecular complexity index is 1050. The van der Waals surface area contributed by atoms with E-state index < -0.39 is 0 Å². The van der Waals surface area contributed by atoms with Crippen LogP contribution in [0.4, 0.5) is 4.39 Å². The third-order valence-electron chi connectivity index (χ3n) is 4.96. The second-order valence-electron chi connectivity index (χ2n) is 7.12. The van der Waals surface area contributed by atoms with Gasteiger partial charge in [0, 0.05) is 18.7 Å². The van der Waals surface area contributed by atoms with Gasteiger partial charge in [-0.25, -0.2) is 9.37 Å². The van der Waals surface area contributed by atoms with Crippen molar-refractivity contribution in [3.8, 4) is 22.1 Å². The minimum absolute atomic E-state index is 0.123. The molecular weight excluding hydrogens is 419 g/mol. The summed E-state index contributed by atoms with van der Waals surface area (Å²) in [4.78, 5) is 17.1. The highest BCUT2D eigenvalue weighted by Gasteiger charge is 2.18. The second kappa shape index (κ2) is 9.89. The first kappa shape index (κ1) is 21.3. The average Bonchev–Trinajstić information content (AvgIpc) is 3.49. The third kappa shape index (κ3) is 5.21. The Balaban J connectivity index is 1.36. The number of thiazole rings is 1. The number of aromatic nitrogens is 1. The zero-order chi connectivity index (χ0) is 21.6. The lowest BCUT2D eigenvalue weighted by Gasteiger charge is -2.15. The summed E-state index contributed by atoms with van der Waals surface area (Å²) in [5, 5.41) is 3.33. The number of amides is 1. The molecule has 6 nitrogen and oxygen atoms in total. The van der Waals surface area contributed by atoms with E-state index in [2.05, 4.69) is 10.3 Å². The van der Waals surface area contributed by atoms with Crippen LogP contribution in [-0.2, 0) is 11.3 Å². The van der Waals surface area contributed by atoms with Crippen molar-refractivity contribution in [3.63, 3.8) is 0 Å². The van der Waals surface area contributed by atoms with Gasteiger partial charge < -0.3 is 19.5 Å². The molecule has 2 heterocycles. The van der Waals surface area contributed by atoms with Crippen molar-refractivity contribution < 1.29 is 23.4 Å². The largest absolute Gasteiger partial charge is 0.493 e. The number of carbonyl (C=O) groups excluding carboxylic acids is 1. The molecule has 1 amide bonds. The van der Waals surface area contributed by atoms with Crippen LogP contribution < -0.4 is 14.8 Å². The van der Waals surface area contributed by atoms with E-state index in [0.717, 1.165) is 36.3 Å². The predicted octanol–water partition coefficient (Wildman–Crippen LogP) is 4.45. The van der Waals surface area contributed by atoms with Crippen LogP contribution in [0.25, 0.3) is 10.6 Å². The van der Waals surface area contributed by atoms with E-state index >= 15 is 0 Å². The zero-order valence-electron chi connectivity index (χ0n) is 17.1. The van der Waals surface area contributed by atoms with E-state index in [4.69, 9.17) is 14.2 Å². The van der Waals surface area contributed by atoms with Crippen LogP contribution in [0.5, 0.6) is 11.5 Å². The van der Waals surface area contributed by atoms with Gasteiger partial charge in [-0.05, 0) is 42.7 Å². The molecule has 3 aromatic rings. The summed E-state index contributed by atoms with van der Waals surface area (Å²) in [5.74, 6) is 0.616. The first-order valence-corrected chi connectivity index (χ1v) is 10.9. The molecule has 1 saturated heterocycles. The first-order valence-electron chi connectivity index (χ1n) is 10.0.